The first kappa shape index (κ1) is 7.02. The molecule has 1 aromatic rings. The molecule has 2 heterocycles. The van der Waals surface area contributed by atoms with Gasteiger partial charge in [0.05, 0.1) is 6.20 Å². The van der Waals surface area contributed by atoms with Crippen LogP contribution >= 0.6 is 0 Å². The van der Waals surface area contributed by atoms with Crippen molar-refractivity contribution >= 4 is 17.4 Å². The Morgan fingerprint density at radius 1 is 1.58 bits per heavy atom. The van der Waals surface area contributed by atoms with Gasteiger partial charge in [0.25, 0.3) is 0 Å². The van der Waals surface area contributed by atoms with E-state index in [0.717, 1.165) is 0 Å². The molecule has 1 aliphatic rings. The summed E-state index contributed by atoms with van der Waals surface area (Å²) in [5.74, 6) is 0.620. The Bertz CT molecular complexity index is 325. The maximum Gasteiger partial charge on any atom is 0.246 e. The molecule has 1 unspecified atom stereocenters. The second kappa shape index (κ2) is 2.44. The highest BCUT2D eigenvalue weighted by molar-refractivity contribution is 6.01. The Balaban J connectivity index is 2.40. The van der Waals surface area contributed by atoms with Gasteiger partial charge < -0.3 is 10.6 Å². The zero-order valence-corrected chi connectivity index (χ0v) is 6.53. The van der Waals surface area contributed by atoms with Crippen molar-refractivity contribution in [3.05, 3.63) is 12.5 Å². The molecule has 2 N–H and O–H groups in total. The van der Waals surface area contributed by atoms with Crippen molar-refractivity contribution in [2.45, 2.75) is 13.0 Å². The third-order valence-corrected chi connectivity index (χ3v) is 1.72. The number of rotatable bonds is 0. The second-order valence-electron chi connectivity index (χ2n) is 2.64. The molecule has 1 amide bonds. The van der Waals surface area contributed by atoms with Gasteiger partial charge in [0.15, 0.2) is 5.82 Å². The number of carbonyl (C=O) groups is 1. The van der Waals surface area contributed by atoms with Gasteiger partial charge in [-0.2, -0.15) is 0 Å². The summed E-state index contributed by atoms with van der Waals surface area (Å²) >= 11 is 0. The molecule has 1 aliphatic heterocycles. The second-order valence-corrected chi connectivity index (χ2v) is 2.64. The normalized spacial score (nSPS) is 20.8. The number of hydrogen-bond donors (Lipinski definition) is 2. The predicted octanol–water partition coefficient (Wildman–Crippen LogP) is 0.229. The first-order chi connectivity index (χ1) is 5.77. The Hall–Kier alpha value is -1.65. The van der Waals surface area contributed by atoms with Gasteiger partial charge in [0, 0.05) is 0 Å². The van der Waals surface area contributed by atoms with Gasteiger partial charge in [-0.3, -0.25) is 4.79 Å². The molecular formula is C7H8N4O. The number of amides is 1. The van der Waals surface area contributed by atoms with Gasteiger partial charge in [-0.15, -0.1) is 0 Å². The fourth-order valence-corrected chi connectivity index (χ4v) is 1.05. The third-order valence-electron chi connectivity index (χ3n) is 1.72. The van der Waals surface area contributed by atoms with Crippen molar-refractivity contribution in [2.24, 2.45) is 0 Å². The fourth-order valence-electron chi connectivity index (χ4n) is 1.05. The van der Waals surface area contributed by atoms with E-state index < -0.39 is 0 Å². The molecule has 0 saturated heterocycles. The first-order valence-corrected chi connectivity index (χ1v) is 3.65. The van der Waals surface area contributed by atoms with E-state index in [0.29, 0.717) is 11.5 Å². The van der Waals surface area contributed by atoms with Gasteiger partial charge in [-0.1, -0.05) is 0 Å². The van der Waals surface area contributed by atoms with Crippen molar-refractivity contribution in [3.63, 3.8) is 0 Å². The highest BCUT2D eigenvalue weighted by Crippen LogP contribution is 2.21. The summed E-state index contributed by atoms with van der Waals surface area (Å²) in [4.78, 5) is 18.9. The standard InChI is InChI=1S/C7H8N4O/c1-4-7(12)11-5-2-8-3-9-6(5)10-4/h2-4H,1H3,(H,11,12)(H,8,9,10). The molecular weight excluding hydrogens is 156 g/mol. The zero-order chi connectivity index (χ0) is 8.55. The SMILES string of the molecule is CC1Nc2ncncc2NC1=O. The molecule has 0 aromatic carbocycles. The van der Waals surface area contributed by atoms with E-state index in [-0.39, 0.29) is 11.9 Å². The number of aromatic nitrogens is 2. The van der Waals surface area contributed by atoms with Gasteiger partial charge in [0.1, 0.15) is 18.1 Å². The molecule has 0 bridgehead atoms. The number of carbonyl (C=O) groups excluding carboxylic acids is 1. The van der Waals surface area contributed by atoms with Crippen molar-refractivity contribution in [1.29, 1.82) is 0 Å². The lowest BCUT2D eigenvalue weighted by molar-refractivity contribution is -0.116. The van der Waals surface area contributed by atoms with Crippen molar-refractivity contribution in [3.8, 4) is 0 Å². The van der Waals surface area contributed by atoms with Crippen molar-refractivity contribution < 1.29 is 4.79 Å². The van der Waals surface area contributed by atoms with Gasteiger partial charge in [0.2, 0.25) is 5.91 Å². The van der Waals surface area contributed by atoms with Crippen LogP contribution in [0, 0.1) is 0 Å². The minimum atomic E-state index is -0.229. The van der Waals surface area contributed by atoms with Crippen LogP contribution in [-0.4, -0.2) is 21.9 Å². The summed E-state index contributed by atoms with van der Waals surface area (Å²) < 4.78 is 0. The van der Waals surface area contributed by atoms with Gasteiger partial charge in [-0.25, -0.2) is 9.97 Å². The molecule has 0 saturated carbocycles. The summed E-state index contributed by atoms with van der Waals surface area (Å²) in [6.45, 7) is 1.78. The molecule has 1 atom stereocenters. The highest BCUT2D eigenvalue weighted by Gasteiger charge is 2.21. The monoisotopic (exact) mass is 164 g/mol. The van der Waals surface area contributed by atoms with Crippen LogP contribution in [-0.2, 0) is 4.79 Å². The van der Waals surface area contributed by atoms with E-state index in [4.69, 9.17) is 0 Å². The maximum absolute atomic E-state index is 11.1. The smallest absolute Gasteiger partial charge is 0.246 e. The number of nitrogens with one attached hydrogen (secondary N) is 2. The van der Waals surface area contributed by atoms with E-state index in [9.17, 15) is 4.79 Å². The van der Waals surface area contributed by atoms with Gasteiger partial charge >= 0.3 is 0 Å². The lowest BCUT2D eigenvalue weighted by atomic mass is 10.2. The Morgan fingerprint density at radius 3 is 3.25 bits per heavy atom. The molecule has 5 nitrogen and oxygen atoms in total. The lowest BCUT2D eigenvalue weighted by Gasteiger charge is -2.21. The number of hydrogen-bond acceptors (Lipinski definition) is 4. The number of nitrogens with zero attached hydrogens (tertiary/aromatic N) is 2. The van der Waals surface area contributed by atoms with Crippen molar-refractivity contribution in [2.75, 3.05) is 10.6 Å². The topological polar surface area (TPSA) is 66.9 Å². The number of fused-ring (bicyclic) bond motifs is 1. The fraction of sp³-hybridized carbons (Fsp3) is 0.286. The molecule has 12 heavy (non-hydrogen) atoms. The Morgan fingerprint density at radius 2 is 2.42 bits per heavy atom. The van der Waals surface area contributed by atoms with Crippen LogP contribution < -0.4 is 10.6 Å². The van der Waals surface area contributed by atoms with Crippen LogP contribution in [0.1, 0.15) is 6.92 Å². The molecule has 0 aliphatic carbocycles. The Kier molecular flexibility index (Phi) is 1.43. The minimum Gasteiger partial charge on any atom is -0.357 e. The summed E-state index contributed by atoms with van der Waals surface area (Å²) in [5.41, 5.74) is 0.639. The van der Waals surface area contributed by atoms with E-state index in [2.05, 4.69) is 20.6 Å². The van der Waals surface area contributed by atoms with E-state index in [1.54, 1.807) is 13.1 Å². The predicted molar refractivity (Wildman–Crippen MR) is 43.7 cm³/mol. The van der Waals surface area contributed by atoms with E-state index >= 15 is 0 Å². The van der Waals surface area contributed by atoms with Crippen LogP contribution in [0.3, 0.4) is 0 Å². The van der Waals surface area contributed by atoms with Gasteiger partial charge in [-0.05, 0) is 6.92 Å². The average molecular weight is 164 g/mol. The largest absolute Gasteiger partial charge is 0.357 e. The molecule has 62 valence electrons. The maximum atomic E-state index is 11.1. The molecule has 2 rings (SSSR count). The van der Waals surface area contributed by atoms with Crippen molar-refractivity contribution in [1.82, 2.24) is 9.97 Å². The first-order valence-electron chi connectivity index (χ1n) is 3.65. The molecule has 0 fully saturated rings. The minimum absolute atomic E-state index is 0.0581. The van der Waals surface area contributed by atoms with E-state index in [1.165, 1.54) is 6.33 Å². The molecule has 1 aromatic heterocycles. The van der Waals surface area contributed by atoms with Crippen LogP contribution in [0.4, 0.5) is 11.5 Å². The summed E-state index contributed by atoms with van der Waals surface area (Å²) in [6, 6.07) is -0.229. The van der Waals surface area contributed by atoms with E-state index in [1.807, 2.05) is 0 Å². The molecule has 0 radical (unpaired) electrons. The average Bonchev–Trinajstić information content (AvgIpc) is 2.07. The van der Waals surface area contributed by atoms with Crippen LogP contribution in [0.2, 0.25) is 0 Å². The summed E-state index contributed by atoms with van der Waals surface area (Å²) in [7, 11) is 0. The zero-order valence-electron chi connectivity index (χ0n) is 6.53. The summed E-state index contributed by atoms with van der Waals surface area (Å²) in [5, 5.41) is 5.63. The third kappa shape index (κ3) is 0.990. The summed E-state index contributed by atoms with van der Waals surface area (Å²) in [6.07, 6.45) is 3.01. The van der Waals surface area contributed by atoms with Crippen LogP contribution in [0.25, 0.3) is 0 Å². The van der Waals surface area contributed by atoms with Crippen LogP contribution in [0.5, 0.6) is 0 Å². The lowest BCUT2D eigenvalue weighted by Crippen LogP contribution is -2.36. The highest BCUT2D eigenvalue weighted by atomic mass is 16.2. The Labute approximate surface area is 69.2 Å². The molecule has 5 heteroatoms. The quantitative estimate of drug-likeness (QED) is 0.576. The van der Waals surface area contributed by atoms with Crippen LogP contribution in [0.15, 0.2) is 12.5 Å². The molecule has 0 spiro atoms. The number of anilines is 2.